The predicted molar refractivity (Wildman–Crippen MR) is 120 cm³/mol. The van der Waals surface area contributed by atoms with Crippen molar-refractivity contribution in [2.24, 2.45) is 11.1 Å². The van der Waals surface area contributed by atoms with Gasteiger partial charge in [-0.05, 0) is 70.6 Å². The van der Waals surface area contributed by atoms with Gasteiger partial charge in [0.1, 0.15) is 19.3 Å². The van der Waals surface area contributed by atoms with Crippen molar-refractivity contribution >= 4 is 18.6 Å². The van der Waals surface area contributed by atoms with Crippen LogP contribution in [0.3, 0.4) is 0 Å². The zero-order valence-corrected chi connectivity index (χ0v) is 18.2. The summed E-state index contributed by atoms with van der Waals surface area (Å²) < 4.78 is 0. The second-order valence-corrected chi connectivity index (χ2v) is 8.93. The molecule has 1 fully saturated rings. The molecule has 158 valence electrons. The molecule has 2 heterocycles. The Balaban J connectivity index is 1.69. The van der Waals surface area contributed by atoms with Crippen LogP contribution in [0.15, 0.2) is 29.7 Å². The highest BCUT2D eigenvalue weighted by atomic mass is 16.6. The smallest absolute Gasteiger partial charge is 0.376 e. The Hall–Kier alpha value is -2.45. The first-order valence-corrected chi connectivity index (χ1v) is 10.6. The Bertz CT molecular complexity index is 968. The topological polar surface area (TPSA) is 96.9 Å². The van der Waals surface area contributed by atoms with Crippen LogP contribution in [0.4, 0.5) is 5.82 Å². The zero-order valence-electron chi connectivity index (χ0n) is 18.2. The molecular formula is C22H30BN5O2. The third-order valence-corrected chi connectivity index (χ3v) is 6.57. The highest BCUT2D eigenvalue weighted by Gasteiger charge is 2.40. The maximum atomic E-state index is 9.80. The van der Waals surface area contributed by atoms with Gasteiger partial charge in [0.25, 0.3) is 0 Å². The molecule has 0 atom stereocenters. The molecule has 1 aliphatic heterocycles. The molecule has 0 bridgehead atoms. The van der Waals surface area contributed by atoms with Gasteiger partial charge in [0.15, 0.2) is 0 Å². The summed E-state index contributed by atoms with van der Waals surface area (Å²) in [6, 6.07) is 6.54. The maximum Gasteiger partial charge on any atom is 0.376 e. The van der Waals surface area contributed by atoms with Crippen molar-refractivity contribution in [3.05, 3.63) is 41.2 Å². The Morgan fingerprint density at radius 3 is 2.67 bits per heavy atom. The summed E-state index contributed by atoms with van der Waals surface area (Å²) in [6.45, 7) is 7.91. The summed E-state index contributed by atoms with van der Waals surface area (Å²) in [7, 11) is 1.21. The molecule has 0 unspecified atom stereocenters. The lowest BCUT2D eigenvalue weighted by Crippen LogP contribution is -2.43. The number of anilines is 1. The molecular weight excluding hydrogens is 377 g/mol. The minimum absolute atomic E-state index is 0.362. The predicted octanol–water partition coefficient (Wildman–Crippen LogP) is 2.73. The van der Waals surface area contributed by atoms with Crippen LogP contribution in [0.2, 0.25) is 6.82 Å². The van der Waals surface area contributed by atoms with E-state index in [1.165, 1.54) is 11.9 Å². The van der Waals surface area contributed by atoms with Crippen LogP contribution in [0.5, 0.6) is 0 Å². The molecule has 1 aromatic carbocycles. The number of fused-ring (bicyclic) bond motifs is 3. The van der Waals surface area contributed by atoms with Gasteiger partial charge in [-0.2, -0.15) is 0 Å². The molecule has 1 aliphatic carbocycles. The number of nitrogens with two attached hydrogens (primary N) is 1. The van der Waals surface area contributed by atoms with Crippen molar-refractivity contribution in [2.75, 3.05) is 25.9 Å². The first-order valence-electron chi connectivity index (χ1n) is 10.6. The van der Waals surface area contributed by atoms with Gasteiger partial charge in [-0.25, -0.2) is 9.97 Å². The number of benzene rings is 1. The van der Waals surface area contributed by atoms with Gasteiger partial charge >= 0.3 is 7.05 Å². The molecule has 7 nitrogen and oxygen atoms in total. The van der Waals surface area contributed by atoms with Crippen molar-refractivity contribution in [1.29, 1.82) is 0 Å². The van der Waals surface area contributed by atoms with Crippen LogP contribution in [0.1, 0.15) is 43.4 Å². The molecule has 0 spiro atoms. The van der Waals surface area contributed by atoms with E-state index in [9.17, 15) is 5.02 Å². The van der Waals surface area contributed by atoms with Gasteiger partial charge < -0.3 is 20.4 Å². The number of piperidine rings is 1. The Labute approximate surface area is 178 Å². The molecule has 0 amide bonds. The van der Waals surface area contributed by atoms with E-state index in [0.29, 0.717) is 11.7 Å². The van der Waals surface area contributed by atoms with E-state index in [0.717, 1.165) is 60.4 Å². The van der Waals surface area contributed by atoms with E-state index >= 15 is 0 Å². The van der Waals surface area contributed by atoms with E-state index in [4.69, 9.17) is 10.6 Å². The van der Waals surface area contributed by atoms with Crippen LogP contribution in [0.25, 0.3) is 11.3 Å². The number of hydrogen-bond acceptors (Lipinski definition) is 7. The number of nitrogen functional groups attached to an aromatic ring is 1. The van der Waals surface area contributed by atoms with Gasteiger partial charge in [0.05, 0.1) is 11.4 Å². The van der Waals surface area contributed by atoms with E-state index in [-0.39, 0.29) is 7.05 Å². The summed E-state index contributed by atoms with van der Waals surface area (Å²) in [5.74, 6) is 1.09. The average molecular weight is 407 g/mol. The first kappa shape index (κ1) is 20.8. The third-order valence-electron chi connectivity index (χ3n) is 6.57. The van der Waals surface area contributed by atoms with E-state index in [2.05, 4.69) is 52.0 Å². The molecule has 3 N–H and O–H groups in total. The molecule has 1 saturated heterocycles. The molecule has 0 radical (unpaired) electrons. The van der Waals surface area contributed by atoms with Gasteiger partial charge in [0.2, 0.25) is 0 Å². The average Bonchev–Trinajstić information content (AvgIpc) is 2.71. The fourth-order valence-corrected chi connectivity index (χ4v) is 4.91. The van der Waals surface area contributed by atoms with Crippen LogP contribution in [-0.4, -0.2) is 52.8 Å². The standard InChI is InChI=1S/C22H30BN5O2/c1-22(2)18-19(25-13-26-21(18)24)16-6-5-15(12-17(16)20(22)27-30-4)11-14-7-9-28(10-8-14)23(3)29/h5-6,12-14,29H,7-11H2,1-4H3,(H2,24,25,26). The minimum Gasteiger partial charge on any atom is -0.437 e. The lowest BCUT2D eigenvalue weighted by molar-refractivity contribution is 0.211. The molecule has 0 saturated carbocycles. The second kappa shape index (κ2) is 8.00. The maximum absolute atomic E-state index is 9.80. The quantitative estimate of drug-likeness (QED) is 0.598. The zero-order chi connectivity index (χ0) is 21.5. The van der Waals surface area contributed by atoms with Crippen molar-refractivity contribution in [2.45, 2.75) is 45.3 Å². The summed E-state index contributed by atoms with van der Waals surface area (Å²) in [4.78, 5) is 16.1. The Morgan fingerprint density at radius 2 is 2.00 bits per heavy atom. The van der Waals surface area contributed by atoms with E-state index in [1.807, 2.05) is 6.82 Å². The molecule has 8 heteroatoms. The van der Waals surface area contributed by atoms with Crippen molar-refractivity contribution < 1.29 is 9.86 Å². The monoisotopic (exact) mass is 407 g/mol. The summed E-state index contributed by atoms with van der Waals surface area (Å²) >= 11 is 0. The highest BCUT2D eigenvalue weighted by molar-refractivity contribution is 6.45. The highest BCUT2D eigenvalue weighted by Crippen LogP contribution is 2.44. The van der Waals surface area contributed by atoms with E-state index < -0.39 is 5.41 Å². The summed E-state index contributed by atoms with van der Waals surface area (Å²) in [6.07, 6.45) is 4.73. The van der Waals surface area contributed by atoms with Crippen LogP contribution in [-0.2, 0) is 16.7 Å². The van der Waals surface area contributed by atoms with Gasteiger partial charge in [-0.1, -0.05) is 17.3 Å². The molecule has 2 aromatic rings. The molecule has 1 aromatic heterocycles. The van der Waals surface area contributed by atoms with Crippen molar-refractivity contribution in [3.63, 3.8) is 0 Å². The minimum atomic E-state index is -0.467. The Morgan fingerprint density at radius 1 is 1.27 bits per heavy atom. The van der Waals surface area contributed by atoms with Crippen LogP contribution < -0.4 is 5.73 Å². The third kappa shape index (κ3) is 3.59. The van der Waals surface area contributed by atoms with Crippen LogP contribution in [0, 0.1) is 5.92 Å². The Kier molecular flexibility index (Phi) is 5.55. The fourth-order valence-electron chi connectivity index (χ4n) is 4.91. The lowest BCUT2D eigenvalue weighted by Gasteiger charge is -2.35. The molecule has 4 rings (SSSR count). The second-order valence-electron chi connectivity index (χ2n) is 8.93. The van der Waals surface area contributed by atoms with E-state index in [1.54, 1.807) is 7.11 Å². The van der Waals surface area contributed by atoms with Crippen molar-refractivity contribution in [1.82, 2.24) is 14.8 Å². The number of hydrogen-bond donors (Lipinski definition) is 2. The number of oxime groups is 1. The number of nitrogens with zero attached hydrogens (tertiary/aromatic N) is 4. The number of aromatic nitrogens is 2. The van der Waals surface area contributed by atoms with Gasteiger partial charge in [0, 0.05) is 22.1 Å². The molecule has 30 heavy (non-hydrogen) atoms. The van der Waals surface area contributed by atoms with Gasteiger partial charge in [-0.3, -0.25) is 0 Å². The number of rotatable bonds is 4. The lowest BCUT2D eigenvalue weighted by atomic mass is 9.70. The largest absolute Gasteiger partial charge is 0.437 e. The van der Waals surface area contributed by atoms with Gasteiger partial charge in [-0.15, -0.1) is 0 Å². The fraction of sp³-hybridized carbons (Fsp3) is 0.500. The SMILES string of the molecule is CON=C1c2cc(CC3CCN(B(C)O)CC3)ccc2-c2ncnc(N)c2C1(C)C. The first-order chi connectivity index (χ1) is 14.3. The molecule has 2 aliphatic rings. The summed E-state index contributed by atoms with van der Waals surface area (Å²) in [5, 5.41) is 14.2. The van der Waals surface area contributed by atoms with Crippen LogP contribution >= 0.6 is 0 Å². The van der Waals surface area contributed by atoms with Crippen molar-refractivity contribution in [3.8, 4) is 11.3 Å². The normalized spacial score (nSPS) is 20.0. The summed E-state index contributed by atoms with van der Waals surface area (Å²) in [5.41, 5.74) is 11.7.